The Labute approximate surface area is 67.0 Å². The summed E-state index contributed by atoms with van der Waals surface area (Å²) < 4.78 is 0. The summed E-state index contributed by atoms with van der Waals surface area (Å²) in [5.74, 6) is 0.389. The van der Waals surface area contributed by atoms with Crippen LogP contribution in [0.5, 0.6) is 0 Å². The average molecular weight is 157 g/mol. The Hall–Kier alpha value is -0.570. The number of carbonyl (C=O) groups is 1. The summed E-state index contributed by atoms with van der Waals surface area (Å²) in [4.78, 5) is 10.8. The SMILES string of the molecule is CCCC1CCC(=O)N(O)C1. The Balaban J connectivity index is 2.33. The van der Waals surface area contributed by atoms with Crippen LogP contribution in [-0.4, -0.2) is 22.7 Å². The monoisotopic (exact) mass is 157 g/mol. The van der Waals surface area contributed by atoms with Gasteiger partial charge in [-0.05, 0) is 18.8 Å². The van der Waals surface area contributed by atoms with Gasteiger partial charge >= 0.3 is 0 Å². The molecule has 1 saturated heterocycles. The van der Waals surface area contributed by atoms with E-state index >= 15 is 0 Å². The van der Waals surface area contributed by atoms with Gasteiger partial charge < -0.3 is 0 Å². The highest BCUT2D eigenvalue weighted by Crippen LogP contribution is 2.19. The van der Waals surface area contributed by atoms with Gasteiger partial charge in [0.2, 0.25) is 5.91 Å². The second-order valence-corrected chi connectivity index (χ2v) is 3.17. The van der Waals surface area contributed by atoms with Gasteiger partial charge in [0.25, 0.3) is 0 Å². The van der Waals surface area contributed by atoms with E-state index in [-0.39, 0.29) is 5.91 Å². The van der Waals surface area contributed by atoms with Crippen LogP contribution in [0.3, 0.4) is 0 Å². The van der Waals surface area contributed by atoms with E-state index in [1.807, 2.05) is 0 Å². The van der Waals surface area contributed by atoms with Crippen LogP contribution in [0.15, 0.2) is 0 Å². The number of nitrogens with zero attached hydrogens (tertiary/aromatic N) is 1. The molecule has 0 aromatic heterocycles. The third kappa shape index (κ3) is 2.19. The maximum Gasteiger partial charge on any atom is 0.245 e. The van der Waals surface area contributed by atoms with Gasteiger partial charge in [0.15, 0.2) is 0 Å². The maximum atomic E-state index is 10.8. The normalized spacial score (nSPS) is 25.8. The molecule has 3 nitrogen and oxygen atoms in total. The highest BCUT2D eigenvalue weighted by atomic mass is 16.5. The molecule has 0 aromatic carbocycles. The molecule has 0 radical (unpaired) electrons. The molecule has 1 unspecified atom stereocenters. The first kappa shape index (κ1) is 8.53. The molecular formula is C8H15NO2. The number of piperidine rings is 1. The summed E-state index contributed by atoms with van der Waals surface area (Å²) in [6.45, 7) is 2.66. The van der Waals surface area contributed by atoms with Gasteiger partial charge in [-0.15, -0.1) is 0 Å². The largest absolute Gasteiger partial charge is 0.286 e. The molecule has 1 aliphatic heterocycles. The Kier molecular flexibility index (Phi) is 2.88. The minimum atomic E-state index is -0.127. The standard InChI is InChI=1S/C8H15NO2/c1-2-3-7-4-5-8(10)9(11)6-7/h7,11H,2-6H2,1H3. The molecule has 64 valence electrons. The van der Waals surface area contributed by atoms with E-state index < -0.39 is 0 Å². The maximum absolute atomic E-state index is 10.8. The molecule has 0 aliphatic carbocycles. The highest BCUT2D eigenvalue weighted by molar-refractivity contribution is 5.75. The number of rotatable bonds is 2. The molecule has 1 N–H and O–H groups in total. The number of carbonyl (C=O) groups excluding carboxylic acids is 1. The second kappa shape index (κ2) is 3.72. The first-order chi connectivity index (χ1) is 5.24. The lowest BCUT2D eigenvalue weighted by molar-refractivity contribution is -0.174. The fourth-order valence-electron chi connectivity index (χ4n) is 1.54. The molecule has 1 aliphatic rings. The van der Waals surface area contributed by atoms with E-state index in [0.717, 1.165) is 24.3 Å². The molecular weight excluding hydrogens is 142 g/mol. The van der Waals surface area contributed by atoms with Crippen LogP contribution in [0.25, 0.3) is 0 Å². The van der Waals surface area contributed by atoms with Crippen molar-refractivity contribution >= 4 is 5.91 Å². The average Bonchev–Trinajstić information content (AvgIpc) is 1.98. The van der Waals surface area contributed by atoms with Crippen molar-refractivity contribution in [1.29, 1.82) is 0 Å². The molecule has 3 heteroatoms. The predicted molar refractivity (Wildman–Crippen MR) is 41.1 cm³/mol. The minimum absolute atomic E-state index is 0.127. The van der Waals surface area contributed by atoms with Gasteiger partial charge in [-0.3, -0.25) is 10.0 Å². The van der Waals surface area contributed by atoms with Gasteiger partial charge in [-0.2, -0.15) is 0 Å². The quantitative estimate of drug-likeness (QED) is 0.616. The Morgan fingerprint density at radius 2 is 2.45 bits per heavy atom. The number of hydrogen-bond donors (Lipinski definition) is 1. The van der Waals surface area contributed by atoms with E-state index in [9.17, 15) is 4.79 Å². The summed E-state index contributed by atoms with van der Waals surface area (Å²) in [5, 5.41) is 9.92. The molecule has 1 fully saturated rings. The van der Waals surface area contributed by atoms with E-state index in [0.29, 0.717) is 18.9 Å². The van der Waals surface area contributed by atoms with Crippen molar-refractivity contribution < 1.29 is 10.0 Å². The number of hydroxylamine groups is 2. The zero-order chi connectivity index (χ0) is 8.27. The topological polar surface area (TPSA) is 40.5 Å². The lowest BCUT2D eigenvalue weighted by Crippen LogP contribution is -2.37. The zero-order valence-electron chi connectivity index (χ0n) is 6.92. The van der Waals surface area contributed by atoms with Crippen LogP contribution in [0.1, 0.15) is 32.6 Å². The van der Waals surface area contributed by atoms with Crippen LogP contribution in [-0.2, 0) is 4.79 Å². The predicted octanol–water partition coefficient (Wildman–Crippen LogP) is 1.41. The zero-order valence-corrected chi connectivity index (χ0v) is 6.92. The number of amides is 1. The second-order valence-electron chi connectivity index (χ2n) is 3.17. The van der Waals surface area contributed by atoms with Crippen molar-refractivity contribution in [3.05, 3.63) is 0 Å². The third-order valence-electron chi connectivity index (χ3n) is 2.18. The first-order valence-electron chi connectivity index (χ1n) is 4.23. The van der Waals surface area contributed by atoms with Crippen molar-refractivity contribution in [2.75, 3.05) is 6.54 Å². The first-order valence-corrected chi connectivity index (χ1v) is 4.23. The lowest BCUT2D eigenvalue weighted by atomic mass is 9.94. The van der Waals surface area contributed by atoms with Crippen LogP contribution in [0.4, 0.5) is 0 Å². The summed E-state index contributed by atoms with van der Waals surface area (Å²) in [6.07, 6.45) is 3.71. The van der Waals surface area contributed by atoms with E-state index in [1.54, 1.807) is 0 Å². The summed E-state index contributed by atoms with van der Waals surface area (Å²) >= 11 is 0. The van der Waals surface area contributed by atoms with E-state index in [2.05, 4.69) is 6.92 Å². The molecule has 1 atom stereocenters. The molecule has 0 spiro atoms. The molecule has 1 rings (SSSR count). The van der Waals surface area contributed by atoms with Crippen molar-refractivity contribution in [2.45, 2.75) is 32.6 Å². The van der Waals surface area contributed by atoms with Gasteiger partial charge in [0.1, 0.15) is 0 Å². The summed E-state index contributed by atoms with van der Waals surface area (Å²) in [5.41, 5.74) is 0. The Morgan fingerprint density at radius 3 is 3.00 bits per heavy atom. The van der Waals surface area contributed by atoms with Gasteiger partial charge in [0, 0.05) is 6.42 Å². The van der Waals surface area contributed by atoms with Crippen molar-refractivity contribution in [1.82, 2.24) is 5.06 Å². The molecule has 0 aromatic rings. The van der Waals surface area contributed by atoms with Crippen molar-refractivity contribution in [2.24, 2.45) is 5.92 Å². The van der Waals surface area contributed by atoms with E-state index in [4.69, 9.17) is 5.21 Å². The van der Waals surface area contributed by atoms with E-state index in [1.165, 1.54) is 0 Å². The van der Waals surface area contributed by atoms with Crippen LogP contribution in [0, 0.1) is 5.92 Å². The van der Waals surface area contributed by atoms with Crippen LogP contribution >= 0.6 is 0 Å². The lowest BCUT2D eigenvalue weighted by Gasteiger charge is -2.27. The van der Waals surface area contributed by atoms with Gasteiger partial charge in [0.05, 0.1) is 6.54 Å². The Bertz CT molecular complexity index is 147. The Morgan fingerprint density at radius 1 is 1.73 bits per heavy atom. The van der Waals surface area contributed by atoms with Crippen molar-refractivity contribution in [3.63, 3.8) is 0 Å². The third-order valence-corrected chi connectivity index (χ3v) is 2.18. The highest BCUT2D eigenvalue weighted by Gasteiger charge is 2.23. The molecule has 11 heavy (non-hydrogen) atoms. The smallest absolute Gasteiger partial charge is 0.245 e. The molecule has 1 amide bonds. The van der Waals surface area contributed by atoms with Crippen molar-refractivity contribution in [3.8, 4) is 0 Å². The molecule has 0 saturated carbocycles. The van der Waals surface area contributed by atoms with Crippen LogP contribution < -0.4 is 0 Å². The molecule has 0 bridgehead atoms. The fourth-order valence-corrected chi connectivity index (χ4v) is 1.54. The summed E-state index contributed by atoms with van der Waals surface area (Å²) in [7, 11) is 0. The van der Waals surface area contributed by atoms with Gasteiger partial charge in [-0.1, -0.05) is 13.3 Å². The number of hydrogen-bond acceptors (Lipinski definition) is 2. The summed E-state index contributed by atoms with van der Waals surface area (Å²) in [6, 6.07) is 0. The van der Waals surface area contributed by atoms with Crippen LogP contribution in [0.2, 0.25) is 0 Å². The van der Waals surface area contributed by atoms with Gasteiger partial charge in [-0.25, -0.2) is 5.06 Å². The fraction of sp³-hybridized carbons (Fsp3) is 0.875. The molecule has 1 heterocycles. The minimum Gasteiger partial charge on any atom is -0.286 e.